The van der Waals surface area contributed by atoms with Gasteiger partial charge in [0.15, 0.2) is 0 Å². The van der Waals surface area contributed by atoms with Gasteiger partial charge in [-0.1, -0.05) is 12.1 Å². The standard InChI is InChI=1S/C20H18N2O4/c1-11-7-16(13-4-6-18(23)15(10-13)20(25)26)22-17-8-12(3-5-14(11)17)9-19(24)21-2/h3-8,10,23H,9H2,1-2H3,(H,21,24)(H,25,26). The van der Waals surface area contributed by atoms with Crippen LogP contribution in [-0.2, 0) is 11.2 Å². The van der Waals surface area contributed by atoms with E-state index in [2.05, 4.69) is 10.3 Å². The lowest BCUT2D eigenvalue weighted by Gasteiger charge is -2.10. The summed E-state index contributed by atoms with van der Waals surface area (Å²) in [5.41, 5.74) is 3.59. The topological polar surface area (TPSA) is 99.5 Å². The number of nitrogens with zero attached hydrogens (tertiary/aromatic N) is 1. The molecule has 0 fully saturated rings. The number of nitrogens with one attached hydrogen (secondary N) is 1. The van der Waals surface area contributed by atoms with E-state index in [0.717, 1.165) is 22.0 Å². The molecule has 0 atom stereocenters. The van der Waals surface area contributed by atoms with Crippen molar-refractivity contribution in [3.05, 3.63) is 59.2 Å². The van der Waals surface area contributed by atoms with Gasteiger partial charge in [-0.3, -0.25) is 4.79 Å². The summed E-state index contributed by atoms with van der Waals surface area (Å²) in [4.78, 5) is 27.5. The molecule has 26 heavy (non-hydrogen) atoms. The smallest absolute Gasteiger partial charge is 0.339 e. The van der Waals surface area contributed by atoms with Gasteiger partial charge in [-0.2, -0.15) is 0 Å². The number of phenols is 1. The summed E-state index contributed by atoms with van der Waals surface area (Å²) in [6.07, 6.45) is 0.264. The van der Waals surface area contributed by atoms with Crippen LogP contribution >= 0.6 is 0 Å². The number of likely N-dealkylation sites (N-methyl/N-ethyl adjacent to an activating group) is 1. The molecule has 132 valence electrons. The van der Waals surface area contributed by atoms with Crippen LogP contribution in [0.1, 0.15) is 21.5 Å². The van der Waals surface area contributed by atoms with Crippen LogP contribution in [0.5, 0.6) is 5.75 Å². The summed E-state index contributed by atoms with van der Waals surface area (Å²) in [6.45, 7) is 1.95. The highest BCUT2D eigenvalue weighted by atomic mass is 16.4. The van der Waals surface area contributed by atoms with Crippen LogP contribution in [-0.4, -0.2) is 34.1 Å². The molecule has 1 heterocycles. The number of fused-ring (bicyclic) bond motifs is 1. The van der Waals surface area contributed by atoms with Crippen LogP contribution in [0.2, 0.25) is 0 Å². The number of carbonyl (C=O) groups is 2. The van der Waals surface area contributed by atoms with E-state index in [9.17, 15) is 19.8 Å². The molecule has 0 aliphatic heterocycles. The van der Waals surface area contributed by atoms with Crippen LogP contribution < -0.4 is 5.32 Å². The van der Waals surface area contributed by atoms with Crippen molar-refractivity contribution >= 4 is 22.8 Å². The van der Waals surface area contributed by atoms with E-state index in [-0.39, 0.29) is 23.6 Å². The Balaban J connectivity index is 2.11. The Morgan fingerprint density at radius 1 is 1.12 bits per heavy atom. The third-order valence-electron chi connectivity index (χ3n) is 4.25. The van der Waals surface area contributed by atoms with Gasteiger partial charge in [0.25, 0.3) is 0 Å². The van der Waals surface area contributed by atoms with Gasteiger partial charge in [0, 0.05) is 18.0 Å². The third-order valence-corrected chi connectivity index (χ3v) is 4.25. The molecule has 0 aliphatic rings. The maximum atomic E-state index is 11.6. The minimum atomic E-state index is -1.20. The number of carboxylic acids is 1. The molecule has 2 aromatic carbocycles. The van der Waals surface area contributed by atoms with Crippen LogP contribution in [0.4, 0.5) is 0 Å². The first kappa shape index (κ1) is 17.4. The van der Waals surface area contributed by atoms with Crippen molar-refractivity contribution < 1.29 is 19.8 Å². The first-order chi connectivity index (χ1) is 12.4. The van der Waals surface area contributed by atoms with E-state index in [0.29, 0.717) is 11.3 Å². The molecule has 3 aromatic rings. The second-order valence-electron chi connectivity index (χ2n) is 6.06. The number of hydrogen-bond acceptors (Lipinski definition) is 4. The zero-order valence-electron chi connectivity index (χ0n) is 14.4. The summed E-state index contributed by atoms with van der Waals surface area (Å²) in [5.74, 6) is -1.57. The number of aryl methyl sites for hydroxylation is 1. The molecule has 3 rings (SSSR count). The number of carboxylic acid groups (broad SMARTS) is 1. The lowest BCUT2D eigenvalue weighted by atomic mass is 10.0. The predicted molar refractivity (Wildman–Crippen MR) is 98.3 cm³/mol. The molecule has 1 aromatic heterocycles. The molecule has 6 nitrogen and oxygen atoms in total. The lowest BCUT2D eigenvalue weighted by Crippen LogP contribution is -2.19. The molecule has 0 saturated carbocycles. The fourth-order valence-electron chi connectivity index (χ4n) is 2.85. The Kier molecular flexibility index (Phi) is 4.58. The summed E-state index contributed by atoms with van der Waals surface area (Å²) >= 11 is 0. The fraction of sp³-hybridized carbons (Fsp3) is 0.150. The van der Waals surface area contributed by atoms with Crippen LogP contribution in [0.25, 0.3) is 22.2 Å². The number of aromatic nitrogens is 1. The third kappa shape index (κ3) is 3.35. The molecule has 0 saturated heterocycles. The Bertz CT molecular complexity index is 1030. The largest absolute Gasteiger partial charge is 0.507 e. The zero-order valence-corrected chi connectivity index (χ0v) is 14.4. The number of pyridine rings is 1. The number of rotatable bonds is 4. The first-order valence-corrected chi connectivity index (χ1v) is 8.06. The summed E-state index contributed by atoms with van der Waals surface area (Å²) in [5, 5.41) is 22.4. The molecule has 6 heteroatoms. The average Bonchev–Trinajstić information content (AvgIpc) is 2.61. The minimum Gasteiger partial charge on any atom is -0.507 e. The molecule has 0 spiro atoms. The minimum absolute atomic E-state index is 0.0816. The van der Waals surface area contributed by atoms with Crippen molar-refractivity contribution in [1.29, 1.82) is 0 Å². The van der Waals surface area contributed by atoms with Gasteiger partial charge in [-0.25, -0.2) is 9.78 Å². The lowest BCUT2D eigenvalue weighted by molar-refractivity contribution is -0.119. The van der Waals surface area contributed by atoms with E-state index in [1.807, 2.05) is 31.2 Å². The maximum Gasteiger partial charge on any atom is 0.339 e. The van der Waals surface area contributed by atoms with Gasteiger partial charge in [0.1, 0.15) is 11.3 Å². The highest BCUT2D eigenvalue weighted by Gasteiger charge is 2.13. The number of carbonyl (C=O) groups excluding carboxylic acids is 1. The summed E-state index contributed by atoms with van der Waals surface area (Å²) in [7, 11) is 1.59. The first-order valence-electron chi connectivity index (χ1n) is 8.06. The average molecular weight is 350 g/mol. The van der Waals surface area contributed by atoms with Gasteiger partial charge < -0.3 is 15.5 Å². The van der Waals surface area contributed by atoms with Crippen LogP contribution in [0.3, 0.4) is 0 Å². The maximum absolute atomic E-state index is 11.6. The number of benzene rings is 2. The zero-order chi connectivity index (χ0) is 18.8. The predicted octanol–water partition coefficient (Wildman–Crippen LogP) is 2.90. The van der Waals surface area contributed by atoms with Crippen molar-refractivity contribution in [1.82, 2.24) is 10.3 Å². The second kappa shape index (κ2) is 6.84. The van der Waals surface area contributed by atoms with Crippen molar-refractivity contribution in [2.45, 2.75) is 13.3 Å². The van der Waals surface area contributed by atoms with Gasteiger partial charge >= 0.3 is 5.97 Å². The number of aromatic carboxylic acids is 1. The molecule has 0 aliphatic carbocycles. The second-order valence-corrected chi connectivity index (χ2v) is 6.06. The molecule has 3 N–H and O–H groups in total. The quantitative estimate of drug-likeness (QED) is 0.672. The van der Waals surface area contributed by atoms with Crippen molar-refractivity contribution in [2.24, 2.45) is 0 Å². The van der Waals surface area contributed by atoms with Crippen LogP contribution in [0.15, 0.2) is 42.5 Å². The van der Waals surface area contributed by atoms with Crippen molar-refractivity contribution in [3.63, 3.8) is 0 Å². The molecule has 0 bridgehead atoms. The Morgan fingerprint density at radius 3 is 2.58 bits per heavy atom. The van der Waals surface area contributed by atoms with Gasteiger partial charge in [0.05, 0.1) is 17.6 Å². The van der Waals surface area contributed by atoms with Crippen molar-refractivity contribution in [2.75, 3.05) is 7.05 Å². The van der Waals surface area contributed by atoms with E-state index in [4.69, 9.17) is 0 Å². The Morgan fingerprint density at radius 2 is 1.88 bits per heavy atom. The van der Waals surface area contributed by atoms with Gasteiger partial charge in [0.2, 0.25) is 5.91 Å². The molecule has 0 radical (unpaired) electrons. The highest BCUT2D eigenvalue weighted by Crippen LogP contribution is 2.28. The summed E-state index contributed by atoms with van der Waals surface area (Å²) < 4.78 is 0. The molecule has 0 unspecified atom stereocenters. The van der Waals surface area contributed by atoms with Gasteiger partial charge in [-0.15, -0.1) is 0 Å². The number of hydrogen-bond donors (Lipinski definition) is 3. The fourth-order valence-corrected chi connectivity index (χ4v) is 2.85. The van der Waals surface area contributed by atoms with Gasteiger partial charge in [-0.05, 0) is 48.4 Å². The van der Waals surface area contributed by atoms with Crippen molar-refractivity contribution in [3.8, 4) is 17.0 Å². The van der Waals surface area contributed by atoms with E-state index < -0.39 is 5.97 Å². The van der Waals surface area contributed by atoms with E-state index >= 15 is 0 Å². The SMILES string of the molecule is CNC(=O)Cc1ccc2c(C)cc(-c3ccc(O)c(C(=O)O)c3)nc2c1. The van der Waals surface area contributed by atoms with E-state index in [1.165, 1.54) is 12.1 Å². The number of aromatic hydroxyl groups is 1. The Labute approximate surface area is 150 Å². The molecular formula is C20H18N2O4. The van der Waals surface area contributed by atoms with Crippen LogP contribution in [0, 0.1) is 6.92 Å². The number of amides is 1. The normalized spacial score (nSPS) is 10.7. The van der Waals surface area contributed by atoms with E-state index in [1.54, 1.807) is 13.1 Å². The Hall–Kier alpha value is -3.41. The molecule has 1 amide bonds. The monoisotopic (exact) mass is 350 g/mol. The highest BCUT2D eigenvalue weighted by molar-refractivity contribution is 5.93. The summed E-state index contributed by atoms with van der Waals surface area (Å²) in [6, 6.07) is 11.9. The molecular weight excluding hydrogens is 332 g/mol.